The van der Waals surface area contributed by atoms with E-state index in [0.29, 0.717) is 6.07 Å². The summed E-state index contributed by atoms with van der Waals surface area (Å²) >= 11 is 0. The molecule has 0 spiro atoms. The number of pyridine rings is 1. The number of amides is 1. The Bertz CT molecular complexity index is 1330. The lowest BCUT2D eigenvalue weighted by Crippen LogP contribution is -2.37. The second-order valence-corrected chi connectivity index (χ2v) is 7.42. The zero-order chi connectivity index (χ0) is 24.2. The van der Waals surface area contributed by atoms with Crippen LogP contribution in [0.4, 0.5) is 30.7 Å². The third-order valence-electron chi connectivity index (χ3n) is 5.40. The number of fused-ring (bicyclic) bond motifs is 3. The number of ether oxygens (including phenoxy) is 1. The molecular weight excluding hydrogens is 461 g/mol. The van der Waals surface area contributed by atoms with Gasteiger partial charge in [-0.25, -0.2) is 17.6 Å². The minimum absolute atomic E-state index is 0.00891. The fraction of sp³-hybridized carbons (Fsp3) is 0.238. The van der Waals surface area contributed by atoms with Crippen LogP contribution in [0, 0.1) is 23.3 Å². The van der Waals surface area contributed by atoms with E-state index in [4.69, 9.17) is 4.74 Å². The van der Waals surface area contributed by atoms with Crippen molar-refractivity contribution in [3.05, 3.63) is 80.3 Å². The van der Waals surface area contributed by atoms with Crippen molar-refractivity contribution >= 4 is 16.7 Å². The predicted molar refractivity (Wildman–Crippen MR) is 100 cm³/mol. The van der Waals surface area contributed by atoms with E-state index in [-0.39, 0.29) is 47.4 Å². The molecule has 0 radical (unpaired) electrons. The van der Waals surface area contributed by atoms with Crippen molar-refractivity contribution < 1.29 is 40.3 Å². The van der Waals surface area contributed by atoms with E-state index in [0.717, 1.165) is 11.0 Å². The molecule has 12 heteroatoms. The lowest BCUT2D eigenvalue weighted by molar-refractivity contribution is -0.142. The monoisotopic (exact) mass is 474 g/mol. The average molecular weight is 474 g/mol. The van der Waals surface area contributed by atoms with Crippen LogP contribution < -0.4 is 5.56 Å². The van der Waals surface area contributed by atoms with Crippen molar-refractivity contribution in [1.29, 1.82) is 0 Å². The lowest BCUT2D eigenvalue weighted by atomic mass is 9.95. The van der Waals surface area contributed by atoms with Crippen molar-refractivity contribution in [2.75, 3.05) is 13.7 Å². The number of carbonyl (C=O) groups excluding carboxylic acids is 1. The number of aromatic amines is 1. The zero-order valence-electron chi connectivity index (χ0n) is 16.6. The van der Waals surface area contributed by atoms with E-state index in [1.807, 2.05) is 0 Å². The Balaban J connectivity index is 1.81. The predicted octanol–water partition coefficient (Wildman–Crippen LogP) is 4.45. The third-order valence-corrected chi connectivity index (χ3v) is 5.40. The quantitative estimate of drug-likeness (QED) is 0.559. The molecule has 0 bridgehead atoms. The molecular formula is C21H13F7N2O3. The van der Waals surface area contributed by atoms with Crippen molar-refractivity contribution in [2.45, 2.75) is 18.8 Å². The number of rotatable bonds is 2. The maximum Gasteiger partial charge on any atom is 0.422 e. The molecule has 5 nitrogen and oxygen atoms in total. The summed E-state index contributed by atoms with van der Waals surface area (Å²) < 4.78 is 99.4. The molecule has 33 heavy (non-hydrogen) atoms. The SMILES string of the molecule is CN(C(=O)c1cc(F)c(C(F)(F)F)c(F)c1)[C@@H]1COCc2[nH]c(=O)c3cc(F)c(F)cc3c21. The number of nitrogens with zero attached hydrogens (tertiary/aromatic N) is 1. The van der Waals surface area contributed by atoms with Crippen LogP contribution >= 0.6 is 0 Å². The molecule has 174 valence electrons. The highest BCUT2D eigenvalue weighted by Gasteiger charge is 2.39. The first-order valence-corrected chi connectivity index (χ1v) is 9.35. The molecule has 0 saturated carbocycles. The molecule has 1 atom stereocenters. The summed E-state index contributed by atoms with van der Waals surface area (Å²) in [5, 5.41) is -0.211. The Morgan fingerprint density at radius 1 is 1.00 bits per heavy atom. The first-order valence-electron chi connectivity index (χ1n) is 9.35. The highest BCUT2D eigenvalue weighted by Crippen LogP contribution is 2.36. The van der Waals surface area contributed by atoms with E-state index in [2.05, 4.69) is 4.98 Å². The van der Waals surface area contributed by atoms with Crippen LogP contribution in [0.5, 0.6) is 0 Å². The summed E-state index contributed by atoms with van der Waals surface area (Å²) in [5.74, 6) is -7.51. The van der Waals surface area contributed by atoms with Gasteiger partial charge in [0.05, 0.1) is 24.6 Å². The molecule has 1 aromatic heterocycles. The number of H-pyrrole nitrogens is 1. The summed E-state index contributed by atoms with van der Waals surface area (Å²) in [6, 6.07) is 0.954. The van der Waals surface area contributed by atoms with Gasteiger partial charge in [0.15, 0.2) is 11.6 Å². The van der Waals surface area contributed by atoms with Crippen LogP contribution in [0.2, 0.25) is 0 Å². The highest BCUT2D eigenvalue weighted by atomic mass is 19.4. The average Bonchev–Trinajstić information content (AvgIpc) is 2.72. The van der Waals surface area contributed by atoms with Gasteiger partial charge < -0.3 is 14.6 Å². The van der Waals surface area contributed by atoms with Crippen LogP contribution in [0.25, 0.3) is 10.8 Å². The maximum absolute atomic E-state index is 14.0. The summed E-state index contributed by atoms with van der Waals surface area (Å²) in [4.78, 5) is 28.6. The fourth-order valence-electron chi connectivity index (χ4n) is 3.86. The Labute approximate surface area is 180 Å². The van der Waals surface area contributed by atoms with Crippen LogP contribution in [0.3, 0.4) is 0 Å². The number of nitrogens with one attached hydrogen (secondary N) is 1. The topological polar surface area (TPSA) is 62.4 Å². The Morgan fingerprint density at radius 2 is 1.58 bits per heavy atom. The van der Waals surface area contributed by atoms with E-state index >= 15 is 0 Å². The van der Waals surface area contributed by atoms with Gasteiger partial charge in [0, 0.05) is 23.9 Å². The van der Waals surface area contributed by atoms with Gasteiger partial charge >= 0.3 is 6.18 Å². The van der Waals surface area contributed by atoms with Gasteiger partial charge in [-0.1, -0.05) is 0 Å². The number of aromatic nitrogens is 1. The Kier molecular flexibility index (Phi) is 5.43. The maximum atomic E-state index is 14.0. The van der Waals surface area contributed by atoms with Crippen molar-refractivity contribution in [3.63, 3.8) is 0 Å². The number of hydrogen-bond donors (Lipinski definition) is 1. The zero-order valence-corrected chi connectivity index (χ0v) is 16.6. The molecule has 1 aliphatic heterocycles. The number of halogens is 7. The molecule has 2 heterocycles. The minimum atomic E-state index is -5.30. The number of likely N-dealkylation sites (N-methyl/N-ethyl adjacent to an activating group) is 1. The Morgan fingerprint density at radius 3 is 2.15 bits per heavy atom. The van der Waals surface area contributed by atoms with Gasteiger partial charge in [-0.05, 0) is 29.7 Å². The molecule has 1 amide bonds. The van der Waals surface area contributed by atoms with E-state index < -0.39 is 58.1 Å². The van der Waals surface area contributed by atoms with E-state index in [1.165, 1.54) is 7.05 Å². The fourth-order valence-corrected chi connectivity index (χ4v) is 3.86. The first-order chi connectivity index (χ1) is 15.4. The van der Waals surface area contributed by atoms with E-state index in [9.17, 15) is 40.3 Å². The van der Waals surface area contributed by atoms with Crippen LogP contribution in [0.1, 0.15) is 33.2 Å². The molecule has 0 aliphatic carbocycles. The molecule has 0 saturated heterocycles. The van der Waals surface area contributed by atoms with Crippen molar-refractivity contribution in [1.82, 2.24) is 9.88 Å². The number of alkyl halides is 3. The van der Waals surface area contributed by atoms with Gasteiger partial charge in [-0.15, -0.1) is 0 Å². The molecule has 0 unspecified atom stereocenters. The molecule has 4 rings (SSSR count). The standard InChI is InChI=1S/C21H13F7N2O3/c1-30(20(32)8-2-13(24)18(14(25)3-8)21(26,27)28)16-7-33-6-15-17(16)9-4-11(22)12(23)5-10(9)19(31)29-15/h2-5,16H,6-7H2,1H3,(H,29,31)/t16-/m1/s1. The number of carbonyl (C=O) groups is 1. The van der Waals surface area contributed by atoms with Gasteiger partial charge in [0.1, 0.15) is 17.2 Å². The van der Waals surface area contributed by atoms with Gasteiger partial charge in [-0.3, -0.25) is 9.59 Å². The minimum Gasteiger partial charge on any atom is -0.373 e. The van der Waals surface area contributed by atoms with Crippen molar-refractivity contribution in [2.24, 2.45) is 0 Å². The molecule has 1 N–H and O–H groups in total. The second-order valence-electron chi connectivity index (χ2n) is 7.42. The summed E-state index contributed by atoms with van der Waals surface area (Å²) in [7, 11) is 1.19. The summed E-state index contributed by atoms with van der Waals surface area (Å²) in [5.41, 5.74) is -3.20. The van der Waals surface area contributed by atoms with Crippen LogP contribution in [-0.2, 0) is 17.5 Å². The van der Waals surface area contributed by atoms with Gasteiger partial charge in [0.2, 0.25) is 0 Å². The molecule has 0 fully saturated rings. The summed E-state index contributed by atoms with van der Waals surface area (Å²) in [6.45, 7) is -0.317. The first kappa shape index (κ1) is 22.8. The normalized spacial score (nSPS) is 16.1. The number of benzene rings is 2. The second kappa shape index (κ2) is 7.87. The van der Waals surface area contributed by atoms with Gasteiger partial charge in [0.25, 0.3) is 11.5 Å². The molecule has 3 aromatic rings. The molecule has 2 aromatic carbocycles. The number of hydrogen-bond acceptors (Lipinski definition) is 3. The third kappa shape index (κ3) is 3.84. The van der Waals surface area contributed by atoms with Gasteiger partial charge in [-0.2, -0.15) is 13.2 Å². The largest absolute Gasteiger partial charge is 0.422 e. The highest BCUT2D eigenvalue weighted by molar-refractivity contribution is 5.95. The van der Waals surface area contributed by atoms with E-state index in [1.54, 1.807) is 0 Å². The lowest BCUT2D eigenvalue weighted by Gasteiger charge is -2.34. The Hall–Kier alpha value is -3.41. The molecule has 1 aliphatic rings. The summed E-state index contributed by atoms with van der Waals surface area (Å²) in [6.07, 6.45) is -5.30. The smallest absolute Gasteiger partial charge is 0.373 e. The van der Waals surface area contributed by atoms with Crippen LogP contribution in [-0.4, -0.2) is 29.4 Å². The van der Waals surface area contributed by atoms with Crippen LogP contribution in [0.15, 0.2) is 29.1 Å². The van der Waals surface area contributed by atoms with Crippen molar-refractivity contribution in [3.8, 4) is 0 Å².